The molecule has 0 unspecified atom stereocenters. The molecule has 1 aliphatic rings. The van der Waals surface area contributed by atoms with Crippen molar-refractivity contribution in [2.75, 3.05) is 24.5 Å². The summed E-state index contributed by atoms with van der Waals surface area (Å²) in [6, 6.07) is 0. The van der Waals surface area contributed by atoms with E-state index in [0.717, 1.165) is 57.4 Å². The molecule has 1 aliphatic heterocycles. The van der Waals surface area contributed by atoms with E-state index >= 15 is 0 Å². The number of hydrogen-bond acceptors (Lipinski definition) is 4. The van der Waals surface area contributed by atoms with Crippen LogP contribution in [0.15, 0.2) is 15.5 Å². The van der Waals surface area contributed by atoms with Gasteiger partial charge in [-0.1, -0.05) is 19.8 Å². The van der Waals surface area contributed by atoms with Crippen LogP contribution in [0.3, 0.4) is 0 Å². The zero-order valence-electron chi connectivity index (χ0n) is 13.8. The van der Waals surface area contributed by atoms with Gasteiger partial charge in [0.15, 0.2) is 0 Å². The van der Waals surface area contributed by atoms with E-state index < -0.39 is 0 Å². The Morgan fingerprint density at radius 3 is 2.74 bits per heavy atom. The Morgan fingerprint density at radius 2 is 2.09 bits per heavy atom. The van der Waals surface area contributed by atoms with E-state index in [-0.39, 0.29) is 17.4 Å². The first-order valence-electron chi connectivity index (χ1n) is 8.29. The number of carbonyl (C=O) groups is 1. The summed E-state index contributed by atoms with van der Waals surface area (Å²) < 4.78 is 1.85. The number of aryl methyl sites for hydroxylation is 1. The summed E-state index contributed by atoms with van der Waals surface area (Å²) in [5.74, 6) is 0.244. The Labute approximate surface area is 145 Å². The lowest BCUT2D eigenvalue weighted by Crippen LogP contribution is -2.41. The lowest BCUT2D eigenvalue weighted by molar-refractivity contribution is -0.125. The summed E-state index contributed by atoms with van der Waals surface area (Å²) in [6.45, 7) is 4.46. The number of unbranched alkanes of at least 4 members (excludes halogenated alkanes) is 2. The van der Waals surface area contributed by atoms with E-state index in [1.807, 2.05) is 0 Å². The van der Waals surface area contributed by atoms with Crippen molar-refractivity contribution in [3.8, 4) is 0 Å². The molecule has 2 rings (SSSR count). The van der Waals surface area contributed by atoms with Crippen molar-refractivity contribution in [3.05, 3.63) is 21.0 Å². The van der Waals surface area contributed by atoms with E-state index in [1.165, 1.54) is 4.68 Å². The van der Waals surface area contributed by atoms with Gasteiger partial charge in [0.05, 0.1) is 11.9 Å². The van der Waals surface area contributed by atoms with Crippen LogP contribution in [0.2, 0.25) is 0 Å². The van der Waals surface area contributed by atoms with E-state index in [4.69, 9.17) is 0 Å². The van der Waals surface area contributed by atoms with Crippen LogP contribution in [0.4, 0.5) is 5.69 Å². The van der Waals surface area contributed by atoms with E-state index in [9.17, 15) is 9.59 Å². The first-order chi connectivity index (χ1) is 11.0. The second kappa shape index (κ2) is 8.47. The summed E-state index contributed by atoms with van der Waals surface area (Å²) in [5.41, 5.74) is 0.674. The molecular formula is C16H25BrN4O2. The Hall–Kier alpha value is -1.37. The molecule has 0 atom stereocenters. The highest BCUT2D eigenvalue weighted by Gasteiger charge is 2.26. The van der Waals surface area contributed by atoms with E-state index in [1.54, 1.807) is 13.2 Å². The summed E-state index contributed by atoms with van der Waals surface area (Å²) in [7, 11) is 1.63. The monoisotopic (exact) mass is 384 g/mol. The molecule has 23 heavy (non-hydrogen) atoms. The van der Waals surface area contributed by atoms with Crippen LogP contribution in [0.5, 0.6) is 0 Å². The van der Waals surface area contributed by atoms with Crippen molar-refractivity contribution < 1.29 is 4.79 Å². The molecule has 1 fully saturated rings. The molecule has 0 bridgehead atoms. The molecule has 0 aliphatic carbocycles. The Morgan fingerprint density at radius 1 is 1.39 bits per heavy atom. The topological polar surface area (TPSA) is 67.2 Å². The first kappa shape index (κ1) is 18.0. The van der Waals surface area contributed by atoms with Crippen LogP contribution in [0, 0.1) is 5.92 Å². The maximum atomic E-state index is 12.2. The standard InChI is InChI=1S/C16H25BrN4O2/c1-3-4-5-8-18-15(22)12-6-9-21(10-7-12)13-11-19-20(2)16(23)14(13)17/h11-12H,3-10H2,1-2H3,(H,18,22). The third kappa shape index (κ3) is 4.56. The molecule has 1 saturated heterocycles. The van der Waals surface area contributed by atoms with Gasteiger partial charge < -0.3 is 10.2 Å². The van der Waals surface area contributed by atoms with Crippen molar-refractivity contribution >= 4 is 27.5 Å². The molecule has 2 heterocycles. The minimum atomic E-state index is -0.140. The molecule has 1 aromatic heterocycles. The van der Waals surface area contributed by atoms with Crippen LogP contribution in [-0.2, 0) is 11.8 Å². The molecule has 1 amide bonds. The van der Waals surface area contributed by atoms with Gasteiger partial charge >= 0.3 is 0 Å². The van der Waals surface area contributed by atoms with Crippen molar-refractivity contribution in [1.29, 1.82) is 0 Å². The SMILES string of the molecule is CCCCCNC(=O)C1CCN(c2cnn(C)c(=O)c2Br)CC1. The van der Waals surface area contributed by atoms with Crippen LogP contribution >= 0.6 is 15.9 Å². The summed E-state index contributed by atoms with van der Waals surface area (Å²) in [5, 5.41) is 7.12. The molecule has 0 radical (unpaired) electrons. The lowest BCUT2D eigenvalue weighted by Gasteiger charge is -2.33. The molecule has 6 nitrogen and oxygen atoms in total. The first-order valence-corrected chi connectivity index (χ1v) is 9.08. The Kier molecular flexibility index (Phi) is 6.62. The fraction of sp³-hybridized carbons (Fsp3) is 0.688. The smallest absolute Gasteiger partial charge is 0.282 e. The normalized spacial score (nSPS) is 15.7. The number of hydrogen-bond donors (Lipinski definition) is 1. The largest absolute Gasteiger partial charge is 0.369 e. The highest BCUT2D eigenvalue weighted by molar-refractivity contribution is 9.10. The van der Waals surface area contributed by atoms with Gasteiger partial charge in [0.25, 0.3) is 5.56 Å². The van der Waals surface area contributed by atoms with Crippen molar-refractivity contribution in [1.82, 2.24) is 15.1 Å². The maximum Gasteiger partial charge on any atom is 0.282 e. The number of nitrogens with zero attached hydrogens (tertiary/aromatic N) is 3. The summed E-state index contributed by atoms with van der Waals surface area (Å²) >= 11 is 3.37. The average Bonchev–Trinajstić information content (AvgIpc) is 2.57. The van der Waals surface area contributed by atoms with Crippen LogP contribution in [-0.4, -0.2) is 35.3 Å². The highest BCUT2D eigenvalue weighted by atomic mass is 79.9. The Bertz CT molecular complexity index is 594. The second-order valence-electron chi connectivity index (χ2n) is 6.03. The predicted molar refractivity (Wildman–Crippen MR) is 94.6 cm³/mol. The summed E-state index contributed by atoms with van der Waals surface area (Å²) in [6.07, 6.45) is 6.68. The molecule has 1 N–H and O–H groups in total. The zero-order valence-corrected chi connectivity index (χ0v) is 15.4. The molecule has 1 aromatic rings. The number of amides is 1. The number of carbonyl (C=O) groups excluding carboxylic acids is 1. The van der Waals surface area contributed by atoms with Crippen LogP contribution in [0.1, 0.15) is 39.0 Å². The minimum Gasteiger partial charge on any atom is -0.369 e. The van der Waals surface area contributed by atoms with Crippen molar-refractivity contribution in [3.63, 3.8) is 0 Å². The second-order valence-corrected chi connectivity index (χ2v) is 6.83. The molecule has 0 saturated carbocycles. The molecule has 0 spiro atoms. The quantitative estimate of drug-likeness (QED) is 0.762. The van der Waals surface area contributed by atoms with Gasteiger partial charge in [-0.15, -0.1) is 0 Å². The predicted octanol–water partition coefficient (Wildman–Crippen LogP) is 2.07. The van der Waals surface area contributed by atoms with E-state index in [0.29, 0.717) is 4.47 Å². The lowest BCUT2D eigenvalue weighted by atomic mass is 9.95. The van der Waals surface area contributed by atoms with Gasteiger partial charge in [-0.2, -0.15) is 5.10 Å². The summed E-state index contributed by atoms with van der Waals surface area (Å²) in [4.78, 5) is 26.2. The number of aromatic nitrogens is 2. The Balaban J connectivity index is 1.88. The fourth-order valence-electron chi connectivity index (χ4n) is 2.84. The average molecular weight is 385 g/mol. The van der Waals surface area contributed by atoms with Crippen LogP contribution < -0.4 is 15.8 Å². The van der Waals surface area contributed by atoms with Gasteiger partial charge in [-0.05, 0) is 35.2 Å². The number of rotatable bonds is 6. The van der Waals surface area contributed by atoms with Crippen molar-refractivity contribution in [2.24, 2.45) is 13.0 Å². The maximum absolute atomic E-state index is 12.2. The molecule has 128 valence electrons. The van der Waals surface area contributed by atoms with E-state index in [2.05, 4.69) is 38.2 Å². The highest BCUT2D eigenvalue weighted by Crippen LogP contribution is 2.27. The zero-order chi connectivity index (χ0) is 16.8. The third-order valence-corrected chi connectivity index (χ3v) is 5.09. The van der Waals surface area contributed by atoms with Gasteiger partial charge in [0, 0.05) is 32.6 Å². The van der Waals surface area contributed by atoms with Gasteiger partial charge in [0.1, 0.15) is 4.47 Å². The van der Waals surface area contributed by atoms with Gasteiger partial charge in [-0.25, -0.2) is 4.68 Å². The number of nitrogens with one attached hydrogen (secondary N) is 1. The molecular weight excluding hydrogens is 360 g/mol. The number of piperidine rings is 1. The third-order valence-electron chi connectivity index (χ3n) is 4.35. The van der Waals surface area contributed by atoms with Gasteiger partial charge in [0.2, 0.25) is 5.91 Å². The number of halogens is 1. The molecule has 7 heteroatoms. The fourth-order valence-corrected chi connectivity index (χ4v) is 3.45. The minimum absolute atomic E-state index is 0.0751. The van der Waals surface area contributed by atoms with Crippen LogP contribution in [0.25, 0.3) is 0 Å². The molecule has 0 aromatic carbocycles. The number of anilines is 1. The van der Waals surface area contributed by atoms with Gasteiger partial charge in [-0.3, -0.25) is 9.59 Å². The van der Waals surface area contributed by atoms with Crippen molar-refractivity contribution in [2.45, 2.75) is 39.0 Å².